The maximum absolute atomic E-state index is 12.1. The summed E-state index contributed by atoms with van der Waals surface area (Å²) in [6.07, 6.45) is -5.29. The molecule has 1 aliphatic rings. The standard InChI is InChI=1S/C8H11F3N2O3/c1-16-7(15)12-5-2-3-13(4-5)6(14)8(9,10)11/h5H,2-4H2,1H3,(H,12,15). The molecule has 1 rings (SSSR count). The van der Waals surface area contributed by atoms with Crippen LogP contribution in [0.25, 0.3) is 0 Å². The lowest BCUT2D eigenvalue weighted by Gasteiger charge is -2.18. The third-order valence-corrected chi connectivity index (χ3v) is 2.23. The Balaban J connectivity index is 2.47. The van der Waals surface area contributed by atoms with Crippen molar-refractivity contribution in [2.75, 3.05) is 20.2 Å². The van der Waals surface area contributed by atoms with Crippen LogP contribution in [0.5, 0.6) is 0 Å². The van der Waals surface area contributed by atoms with Crippen LogP contribution < -0.4 is 5.32 Å². The largest absolute Gasteiger partial charge is 0.471 e. The number of carbonyl (C=O) groups is 2. The lowest BCUT2D eigenvalue weighted by Crippen LogP contribution is -2.42. The maximum atomic E-state index is 12.1. The molecule has 0 aliphatic carbocycles. The molecule has 1 atom stereocenters. The van der Waals surface area contributed by atoms with E-state index in [9.17, 15) is 22.8 Å². The molecule has 1 unspecified atom stereocenters. The van der Waals surface area contributed by atoms with Gasteiger partial charge in [0.05, 0.1) is 13.2 Å². The van der Waals surface area contributed by atoms with Gasteiger partial charge in [-0.15, -0.1) is 0 Å². The summed E-state index contributed by atoms with van der Waals surface area (Å²) in [6, 6.07) is -0.487. The van der Waals surface area contributed by atoms with Crippen molar-refractivity contribution in [3.05, 3.63) is 0 Å². The number of rotatable bonds is 1. The zero-order valence-corrected chi connectivity index (χ0v) is 8.50. The fourth-order valence-electron chi connectivity index (χ4n) is 1.47. The van der Waals surface area contributed by atoms with Gasteiger partial charge in [0.1, 0.15) is 0 Å². The minimum Gasteiger partial charge on any atom is -0.453 e. The van der Waals surface area contributed by atoms with E-state index in [1.54, 1.807) is 0 Å². The zero-order chi connectivity index (χ0) is 12.3. The third kappa shape index (κ3) is 3.01. The highest BCUT2D eigenvalue weighted by Crippen LogP contribution is 2.21. The van der Waals surface area contributed by atoms with Crippen LogP contribution >= 0.6 is 0 Å². The zero-order valence-electron chi connectivity index (χ0n) is 8.50. The lowest BCUT2D eigenvalue weighted by atomic mass is 10.3. The van der Waals surface area contributed by atoms with Crippen molar-refractivity contribution in [1.29, 1.82) is 0 Å². The summed E-state index contributed by atoms with van der Waals surface area (Å²) < 4.78 is 40.5. The highest BCUT2D eigenvalue weighted by atomic mass is 19.4. The molecule has 0 saturated carbocycles. The van der Waals surface area contributed by atoms with Crippen LogP contribution in [0.2, 0.25) is 0 Å². The van der Waals surface area contributed by atoms with Gasteiger partial charge in [0, 0.05) is 13.1 Å². The summed E-state index contributed by atoms with van der Waals surface area (Å²) in [7, 11) is 1.16. The number of hydrogen-bond donors (Lipinski definition) is 1. The average molecular weight is 240 g/mol. The van der Waals surface area contributed by atoms with E-state index in [4.69, 9.17) is 0 Å². The number of amides is 2. The van der Waals surface area contributed by atoms with Gasteiger partial charge in [-0.2, -0.15) is 13.2 Å². The first-order valence-electron chi connectivity index (χ1n) is 4.55. The van der Waals surface area contributed by atoms with Crippen LogP contribution in [0.4, 0.5) is 18.0 Å². The van der Waals surface area contributed by atoms with Gasteiger partial charge >= 0.3 is 18.2 Å². The molecule has 16 heavy (non-hydrogen) atoms. The Kier molecular flexibility index (Phi) is 3.61. The highest BCUT2D eigenvalue weighted by molar-refractivity contribution is 5.82. The van der Waals surface area contributed by atoms with Gasteiger partial charge in [0.15, 0.2) is 0 Å². The number of alkyl halides is 3. The Morgan fingerprint density at radius 2 is 2.06 bits per heavy atom. The molecule has 92 valence electrons. The summed E-state index contributed by atoms with van der Waals surface area (Å²) in [6.45, 7) is -0.166. The molecular weight excluding hydrogens is 229 g/mol. The van der Waals surface area contributed by atoms with Crippen molar-refractivity contribution in [2.45, 2.75) is 18.6 Å². The Hall–Kier alpha value is -1.47. The molecule has 8 heteroatoms. The molecule has 0 aromatic heterocycles. The molecule has 0 aromatic carbocycles. The highest BCUT2D eigenvalue weighted by Gasteiger charge is 2.44. The predicted molar refractivity (Wildman–Crippen MR) is 46.6 cm³/mol. The van der Waals surface area contributed by atoms with E-state index >= 15 is 0 Å². The molecule has 0 radical (unpaired) electrons. The molecule has 1 aliphatic heterocycles. The molecule has 1 heterocycles. The second kappa shape index (κ2) is 4.58. The Morgan fingerprint density at radius 1 is 1.44 bits per heavy atom. The molecule has 0 aromatic rings. The van der Waals surface area contributed by atoms with E-state index in [2.05, 4.69) is 10.1 Å². The Bertz CT molecular complexity index is 293. The first kappa shape index (κ1) is 12.6. The van der Waals surface area contributed by atoms with Gasteiger partial charge in [-0.3, -0.25) is 4.79 Å². The first-order valence-corrected chi connectivity index (χ1v) is 4.55. The summed E-state index contributed by atoms with van der Waals surface area (Å²) >= 11 is 0. The number of halogens is 3. The summed E-state index contributed by atoms with van der Waals surface area (Å²) in [5.41, 5.74) is 0. The SMILES string of the molecule is COC(=O)NC1CCN(C(=O)C(F)(F)F)C1. The normalized spacial score (nSPS) is 20.8. The summed E-state index contributed by atoms with van der Waals surface area (Å²) in [5, 5.41) is 2.34. The van der Waals surface area contributed by atoms with Crippen molar-refractivity contribution in [3.8, 4) is 0 Å². The van der Waals surface area contributed by atoms with Crippen LogP contribution in [-0.2, 0) is 9.53 Å². The summed E-state index contributed by atoms with van der Waals surface area (Å²) in [5.74, 6) is -1.87. The predicted octanol–water partition coefficient (Wildman–Crippen LogP) is 0.506. The smallest absolute Gasteiger partial charge is 0.453 e. The molecule has 5 nitrogen and oxygen atoms in total. The molecule has 1 fully saturated rings. The lowest BCUT2D eigenvalue weighted by molar-refractivity contribution is -0.184. The molecular formula is C8H11F3N2O3. The molecule has 0 spiro atoms. The van der Waals surface area contributed by atoms with Crippen molar-refractivity contribution in [1.82, 2.24) is 10.2 Å². The van der Waals surface area contributed by atoms with Crippen LogP contribution in [0.1, 0.15) is 6.42 Å². The fraction of sp³-hybridized carbons (Fsp3) is 0.750. The first-order chi connectivity index (χ1) is 7.34. The molecule has 0 bridgehead atoms. The van der Waals surface area contributed by atoms with Gasteiger partial charge in [-0.1, -0.05) is 0 Å². The second-order valence-electron chi connectivity index (χ2n) is 3.37. The van der Waals surface area contributed by atoms with Crippen LogP contribution in [0.3, 0.4) is 0 Å². The monoisotopic (exact) mass is 240 g/mol. The number of hydrogen-bond acceptors (Lipinski definition) is 3. The number of likely N-dealkylation sites (tertiary alicyclic amines) is 1. The van der Waals surface area contributed by atoms with Crippen molar-refractivity contribution >= 4 is 12.0 Å². The van der Waals surface area contributed by atoms with Gasteiger partial charge in [-0.05, 0) is 6.42 Å². The van der Waals surface area contributed by atoms with Crippen molar-refractivity contribution < 1.29 is 27.5 Å². The topological polar surface area (TPSA) is 58.6 Å². The third-order valence-electron chi connectivity index (χ3n) is 2.23. The Morgan fingerprint density at radius 3 is 2.56 bits per heavy atom. The van der Waals surface area contributed by atoms with Crippen molar-refractivity contribution in [2.24, 2.45) is 0 Å². The number of alkyl carbamates (subject to hydrolysis) is 1. The Labute approximate surface area is 89.5 Å². The summed E-state index contributed by atoms with van der Waals surface area (Å²) in [4.78, 5) is 22.3. The van der Waals surface area contributed by atoms with Gasteiger partial charge in [-0.25, -0.2) is 4.79 Å². The van der Waals surface area contributed by atoms with E-state index in [1.165, 1.54) is 0 Å². The number of ether oxygens (including phenoxy) is 1. The number of methoxy groups -OCH3 is 1. The van der Waals surface area contributed by atoms with Crippen LogP contribution in [0.15, 0.2) is 0 Å². The number of nitrogens with one attached hydrogen (secondary N) is 1. The number of nitrogens with zero attached hydrogens (tertiary/aromatic N) is 1. The van der Waals surface area contributed by atoms with Crippen molar-refractivity contribution in [3.63, 3.8) is 0 Å². The van der Waals surface area contributed by atoms with Gasteiger partial charge in [0.2, 0.25) is 0 Å². The average Bonchev–Trinajstić information content (AvgIpc) is 2.63. The van der Waals surface area contributed by atoms with E-state index in [1.807, 2.05) is 0 Å². The second-order valence-corrected chi connectivity index (χ2v) is 3.37. The van der Waals surface area contributed by atoms with E-state index in [0.29, 0.717) is 4.90 Å². The number of carbonyl (C=O) groups excluding carboxylic acids is 2. The molecule has 1 saturated heterocycles. The quantitative estimate of drug-likeness (QED) is 0.726. The maximum Gasteiger partial charge on any atom is 0.471 e. The van der Waals surface area contributed by atoms with E-state index < -0.39 is 24.2 Å². The fourth-order valence-corrected chi connectivity index (χ4v) is 1.47. The van der Waals surface area contributed by atoms with E-state index in [0.717, 1.165) is 7.11 Å². The van der Waals surface area contributed by atoms with Gasteiger partial charge < -0.3 is 15.0 Å². The molecule has 1 N–H and O–H groups in total. The minimum absolute atomic E-state index is 0.0208. The van der Waals surface area contributed by atoms with E-state index in [-0.39, 0.29) is 19.5 Å². The van der Waals surface area contributed by atoms with Crippen LogP contribution in [-0.4, -0.2) is 49.3 Å². The van der Waals surface area contributed by atoms with Gasteiger partial charge in [0.25, 0.3) is 0 Å². The molecule has 2 amide bonds. The minimum atomic E-state index is -4.86. The van der Waals surface area contributed by atoms with Crippen LogP contribution in [0, 0.1) is 0 Å².